The Bertz CT molecular complexity index is 3720. The maximum atomic E-state index is 12.3. The van der Waals surface area contributed by atoms with E-state index in [-0.39, 0.29) is 128 Å². The first-order valence-corrected chi connectivity index (χ1v) is 46.1. The smallest absolute Gasteiger partial charge is 0.339 e. The summed E-state index contributed by atoms with van der Waals surface area (Å²) in [6, 6.07) is 0. The third kappa shape index (κ3) is 14.2. The molecule has 0 radical (unpaired) electrons. The van der Waals surface area contributed by atoms with Gasteiger partial charge in [-0.2, -0.15) is 0 Å². The van der Waals surface area contributed by atoms with E-state index in [9.17, 15) is 88.2 Å². The van der Waals surface area contributed by atoms with Crippen molar-refractivity contribution in [1.82, 2.24) is 31.9 Å². The van der Waals surface area contributed by atoms with Gasteiger partial charge in [-0.1, -0.05) is 113 Å². The lowest BCUT2D eigenvalue weighted by atomic mass is 9.64. The second-order valence-corrected chi connectivity index (χ2v) is 38.8. The summed E-state index contributed by atoms with van der Waals surface area (Å²) in [5.41, 5.74) is -14.0. The molecule has 6 aliphatic carbocycles. The summed E-state index contributed by atoms with van der Waals surface area (Å²) < 4.78 is 32.0. The van der Waals surface area contributed by atoms with E-state index >= 15 is 0 Å². The van der Waals surface area contributed by atoms with Crippen LogP contribution in [0.2, 0.25) is 0 Å². The van der Waals surface area contributed by atoms with E-state index in [1.165, 1.54) is 0 Å². The first kappa shape index (κ1) is 95.3. The Kier molecular flexibility index (Phi) is 27.4. The molecule has 12 fully saturated rings. The van der Waals surface area contributed by atoms with E-state index < -0.39 is 157 Å². The first-order chi connectivity index (χ1) is 59.8. The van der Waals surface area contributed by atoms with Crippen LogP contribution >= 0.6 is 0 Å². The van der Waals surface area contributed by atoms with Gasteiger partial charge in [-0.3, -0.25) is 28.8 Å². The van der Waals surface area contributed by atoms with E-state index in [1.54, 1.807) is 41.5 Å². The fraction of sp³-hybridized carbons (Fsp3) is 0.742. The van der Waals surface area contributed by atoms with Crippen LogP contribution in [0, 0.1) is 71.0 Å². The van der Waals surface area contributed by atoms with Crippen LogP contribution in [0.3, 0.4) is 0 Å². The number of carbonyl (C=O) groups is 12. The van der Waals surface area contributed by atoms with Crippen LogP contribution in [0.15, 0.2) is 72.9 Å². The van der Waals surface area contributed by atoms with E-state index in [2.05, 4.69) is 31.9 Å². The predicted octanol–water partition coefficient (Wildman–Crippen LogP) is 3.57. The van der Waals surface area contributed by atoms with Gasteiger partial charge in [0.2, 0.25) is 68.7 Å². The molecule has 33 nitrogen and oxygen atoms in total. The minimum Gasteiger partial charge on any atom is -0.453 e. The first-order valence-electron chi connectivity index (χ1n) is 46.1. The molecule has 12 saturated heterocycles. The zero-order chi connectivity index (χ0) is 91.5. The molecular weight excluding hydrogens is 1630 g/mol. The predicted molar refractivity (Wildman–Crippen MR) is 448 cm³/mol. The lowest BCUT2D eigenvalue weighted by molar-refractivity contribution is -0.239. The van der Waals surface area contributed by atoms with Gasteiger partial charge in [-0.25, -0.2) is 28.8 Å². The monoisotopic (exact) mass is 1760 g/mol. The number of ether oxygens (including phenoxy) is 6. The Morgan fingerprint density at radius 1 is 0.270 bits per heavy atom. The lowest BCUT2D eigenvalue weighted by Crippen LogP contribution is -2.80. The summed E-state index contributed by atoms with van der Waals surface area (Å²) in [5, 5.41) is 109. The van der Waals surface area contributed by atoms with Crippen LogP contribution in [-0.4, -0.2) is 241 Å². The molecule has 0 bridgehead atoms. The summed E-state index contributed by atoms with van der Waals surface area (Å²) in [6.45, 7) is 15.8. The maximum absolute atomic E-state index is 12.3. The second-order valence-electron chi connectivity index (χ2n) is 38.8. The molecule has 18 aliphatic rings. The van der Waals surface area contributed by atoms with Crippen molar-refractivity contribution in [3.63, 3.8) is 0 Å². The molecule has 18 rings (SSSR count). The zero-order valence-electron chi connectivity index (χ0n) is 73.9. The number of nitrogens with one attached hydrogen (secondary N) is 6. The molecule has 0 aromatic carbocycles. The van der Waals surface area contributed by atoms with Gasteiger partial charge in [0.1, 0.15) is 0 Å². The molecule has 33 heteroatoms. The Balaban J connectivity index is 0.000000130. The minimum absolute atomic E-state index is 0.105. The largest absolute Gasteiger partial charge is 0.453 e. The number of rotatable bonds is 24. The number of aliphatic hydroxyl groups excluding tert-OH is 9. The van der Waals surface area contributed by atoms with Crippen LogP contribution in [-0.2, 0) is 86.0 Å². The Morgan fingerprint density at radius 2 is 0.413 bits per heavy atom. The molecule has 6 amide bonds. The average Bonchev–Trinajstić information content (AvgIpc) is 1.55. The molecule has 126 heavy (non-hydrogen) atoms. The number of aliphatic hydroxyl groups is 9. The van der Waals surface area contributed by atoms with Crippen molar-refractivity contribution in [2.24, 2.45) is 71.0 Å². The van der Waals surface area contributed by atoms with Gasteiger partial charge in [0, 0.05) is 55.3 Å². The van der Waals surface area contributed by atoms with Crippen LogP contribution in [0.25, 0.3) is 0 Å². The van der Waals surface area contributed by atoms with Crippen molar-refractivity contribution in [3.05, 3.63) is 72.9 Å². The highest BCUT2D eigenvalue weighted by atomic mass is 16.6. The third-order valence-corrected chi connectivity index (χ3v) is 32.1. The van der Waals surface area contributed by atoms with Gasteiger partial charge >= 0.3 is 35.8 Å². The van der Waals surface area contributed by atoms with Crippen LogP contribution < -0.4 is 31.9 Å². The standard InChI is InChI=1S/3C16H23NO4.3C15H21NO5/c3*1-3-7-11-13(19)17-16(14(20)21-15(11,16)2)12(18)10-8-5-4-6-9-10;3*1-14-10(7-8-17)12(19)16-15(14,13(20)21-14)11(18)9-5-3-2-4-6-9/h3*5,8,10-12,18H,3-4,6-7,9H2,1-2H3,(H,17,19);3*3,5,9-11,17-18H,2,4,6-8H2,1H3,(H,16,19)/t10-,11+,12?,15+,16+;10-,11+,12+,15+,16+;10-,11+,12-,15+,16+;9-,10+,11?,14+,15+;9-,10+,11+,14+,15+;9-,10+,11-,14+,15+/m111111/s1. The highest BCUT2D eigenvalue weighted by molar-refractivity contribution is 6.06. The van der Waals surface area contributed by atoms with Gasteiger partial charge in [0.05, 0.1) is 72.1 Å². The Morgan fingerprint density at radius 3 is 0.524 bits per heavy atom. The quantitative estimate of drug-likeness (QED) is 0.0373. The summed E-state index contributed by atoms with van der Waals surface area (Å²) in [6.07, 6.45) is 39.7. The zero-order valence-corrected chi connectivity index (χ0v) is 73.9. The minimum atomic E-state index is -1.38. The SMILES string of the molecule is CCC[C@H]1C(=O)N[C@@]2(C(O)[C@@H]3C=CCCC3)C(=O)O[C@@]12C.CCC[C@H]1C(=O)N[C@@]2([C@@H](O)[C@@H]3C=CCCC3)C(=O)O[C@@]12C.CCC[C@H]1C(=O)N[C@@]2([C@H](O)[C@@H]3C=CCCC3)C(=O)O[C@@]12C.C[C@@]12OC(=O)[C@]1(C(O)[C@@H]1C=CCCC1)NC(=O)[C@@H]2CCO.C[C@@]12OC(=O)[C@]1([C@@H](O)[C@@H]1C=CCCC1)NC(=O)[C@@H]2CCO.C[C@@]12OC(=O)[C@]1([C@H](O)[C@@H]1C=CCCC1)NC(=O)[C@@H]2CCO. The van der Waals surface area contributed by atoms with Gasteiger partial charge in [0.15, 0.2) is 33.6 Å². The van der Waals surface area contributed by atoms with E-state index in [4.69, 9.17) is 43.7 Å². The van der Waals surface area contributed by atoms with Gasteiger partial charge in [-0.15, -0.1) is 0 Å². The number of hydrogen-bond donors (Lipinski definition) is 15. The van der Waals surface area contributed by atoms with Gasteiger partial charge in [0.25, 0.3) is 0 Å². The summed E-state index contributed by atoms with van der Waals surface area (Å²) in [7, 11) is 0. The third-order valence-electron chi connectivity index (χ3n) is 32.1. The van der Waals surface area contributed by atoms with Gasteiger partial charge in [-0.05, 0) is 196 Å². The molecule has 0 aromatic heterocycles. The molecule has 0 saturated carbocycles. The highest BCUT2D eigenvalue weighted by Crippen LogP contribution is 2.60. The van der Waals surface area contributed by atoms with Crippen molar-refractivity contribution < 1.29 is 132 Å². The molecule has 12 aliphatic heterocycles. The Hall–Kier alpha value is -8.28. The van der Waals surface area contributed by atoms with Crippen molar-refractivity contribution in [2.75, 3.05) is 19.8 Å². The molecule has 696 valence electrons. The van der Waals surface area contributed by atoms with Crippen LogP contribution in [0.5, 0.6) is 0 Å². The van der Waals surface area contributed by atoms with E-state index in [0.29, 0.717) is 19.3 Å². The lowest BCUT2D eigenvalue weighted by Gasteiger charge is -2.54. The average molecular weight is 1770 g/mol. The number of hydrogen-bond acceptors (Lipinski definition) is 27. The maximum Gasteiger partial charge on any atom is 0.339 e. The Labute approximate surface area is 734 Å². The fourth-order valence-electron chi connectivity index (χ4n) is 24.5. The van der Waals surface area contributed by atoms with Crippen molar-refractivity contribution in [1.29, 1.82) is 0 Å². The molecule has 30 atom stereocenters. The van der Waals surface area contributed by atoms with Crippen molar-refractivity contribution in [2.45, 2.75) is 339 Å². The molecule has 15 N–H and O–H groups in total. The topological polar surface area (TPSA) is 514 Å². The summed E-state index contributed by atoms with van der Waals surface area (Å²) >= 11 is 0. The summed E-state index contributed by atoms with van der Waals surface area (Å²) in [4.78, 5) is 146. The summed E-state index contributed by atoms with van der Waals surface area (Å²) in [5.74, 6) is -8.57. The number of fused-ring (bicyclic) bond motifs is 6. The highest BCUT2D eigenvalue weighted by Gasteiger charge is 2.85. The van der Waals surface area contributed by atoms with Gasteiger partial charge < -0.3 is 106 Å². The van der Waals surface area contributed by atoms with Crippen LogP contribution in [0.4, 0.5) is 0 Å². The van der Waals surface area contributed by atoms with Crippen molar-refractivity contribution in [3.8, 4) is 0 Å². The van der Waals surface area contributed by atoms with Crippen LogP contribution in [0.1, 0.15) is 236 Å². The fourth-order valence-corrected chi connectivity index (χ4v) is 24.5. The number of allylic oxidation sites excluding steroid dienone is 6. The molecule has 12 heterocycles. The number of esters is 6. The molecular formula is C93H132N6O27. The van der Waals surface area contributed by atoms with Crippen molar-refractivity contribution >= 4 is 71.3 Å². The van der Waals surface area contributed by atoms with E-state index in [1.807, 2.05) is 93.7 Å². The van der Waals surface area contributed by atoms with E-state index in [0.717, 1.165) is 135 Å². The second kappa shape index (κ2) is 36.2. The normalized spacial score (nSPS) is 42.8. The number of amides is 6. The molecule has 2 unspecified atom stereocenters. The molecule has 0 spiro atoms. The molecule has 0 aromatic rings. The number of carbonyl (C=O) groups excluding carboxylic acids is 12.